The van der Waals surface area contributed by atoms with Crippen LogP contribution in [0.15, 0.2) is 59.4 Å². The van der Waals surface area contributed by atoms with Crippen molar-refractivity contribution in [3.8, 4) is 11.4 Å². The van der Waals surface area contributed by atoms with Crippen molar-refractivity contribution in [2.45, 2.75) is 39.0 Å². The normalized spacial score (nSPS) is 10.8. The largest absolute Gasteiger partial charge is 0.306 e. The molecule has 0 bridgehead atoms. The van der Waals surface area contributed by atoms with E-state index >= 15 is 0 Å². The summed E-state index contributed by atoms with van der Waals surface area (Å²) in [6.45, 7) is 2.18. The van der Waals surface area contributed by atoms with Crippen LogP contribution in [0.25, 0.3) is 11.4 Å². The average molecular weight is 367 g/mol. The number of rotatable bonds is 7. The Bertz CT molecular complexity index is 902. The number of benzene rings is 2. The van der Waals surface area contributed by atoms with Crippen LogP contribution in [0.4, 0.5) is 0 Å². The fourth-order valence-corrected chi connectivity index (χ4v) is 3.15. The van der Waals surface area contributed by atoms with Gasteiger partial charge in [0.2, 0.25) is 0 Å². The molecule has 134 valence electrons. The van der Waals surface area contributed by atoms with Crippen molar-refractivity contribution in [1.29, 1.82) is 0 Å². The van der Waals surface area contributed by atoms with E-state index in [1.54, 1.807) is 0 Å². The third kappa shape index (κ3) is 4.61. The highest BCUT2D eigenvalue weighted by Gasteiger charge is 2.13. The van der Waals surface area contributed by atoms with Gasteiger partial charge >= 0.3 is 0 Å². The number of aromatic nitrogens is 2. The number of hydrogen-bond donors (Lipinski definition) is 1. The van der Waals surface area contributed by atoms with Crippen molar-refractivity contribution in [3.05, 3.63) is 86.8 Å². The second-order valence-corrected chi connectivity index (χ2v) is 6.90. The second-order valence-electron chi connectivity index (χ2n) is 6.47. The van der Waals surface area contributed by atoms with Gasteiger partial charge in [0.25, 0.3) is 5.56 Å². The summed E-state index contributed by atoms with van der Waals surface area (Å²) in [4.78, 5) is 20.6. The summed E-state index contributed by atoms with van der Waals surface area (Å²) >= 11 is 5.97. The molecular formula is C22H23ClN2O. The van der Waals surface area contributed by atoms with Gasteiger partial charge in [0, 0.05) is 22.6 Å². The lowest BCUT2D eigenvalue weighted by Gasteiger charge is -2.11. The highest BCUT2D eigenvalue weighted by molar-refractivity contribution is 6.30. The van der Waals surface area contributed by atoms with E-state index < -0.39 is 0 Å². The number of nitrogens with one attached hydrogen (secondary N) is 1. The third-order valence-electron chi connectivity index (χ3n) is 4.46. The molecule has 1 aromatic heterocycles. The molecule has 0 aliphatic heterocycles. The first-order valence-corrected chi connectivity index (χ1v) is 9.47. The Balaban J connectivity index is 1.99. The molecule has 0 aliphatic carbocycles. The van der Waals surface area contributed by atoms with Gasteiger partial charge in [0.15, 0.2) is 0 Å². The fraction of sp³-hybridized carbons (Fsp3) is 0.273. The molecule has 3 aromatic rings. The Morgan fingerprint density at radius 3 is 2.42 bits per heavy atom. The van der Waals surface area contributed by atoms with Gasteiger partial charge in [-0.2, -0.15) is 0 Å². The van der Waals surface area contributed by atoms with Crippen LogP contribution < -0.4 is 5.56 Å². The Morgan fingerprint density at radius 2 is 1.73 bits per heavy atom. The van der Waals surface area contributed by atoms with Crippen LogP contribution in [0.1, 0.15) is 43.0 Å². The predicted octanol–water partition coefficient (Wildman–Crippen LogP) is 5.41. The van der Waals surface area contributed by atoms with Crippen LogP contribution in [0.5, 0.6) is 0 Å². The summed E-state index contributed by atoms with van der Waals surface area (Å²) in [5.74, 6) is 0.606. The van der Waals surface area contributed by atoms with E-state index in [0.717, 1.165) is 48.1 Å². The Labute approximate surface area is 159 Å². The Hall–Kier alpha value is -2.39. The summed E-state index contributed by atoms with van der Waals surface area (Å²) in [6, 6.07) is 17.5. The molecule has 3 rings (SSSR count). The number of H-pyrrole nitrogens is 1. The SMILES string of the molecule is CCCCCc1nc(-c2ccc(Cl)cc2)[nH]c(=O)c1Cc1ccccc1. The van der Waals surface area contributed by atoms with E-state index in [0.29, 0.717) is 17.3 Å². The van der Waals surface area contributed by atoms with E-state index in [9.17, 15) is 4.79 Å². The lowest BCUT2D eigenvalue weighted by atomic mass is 10.0. The second kappa shape index (κ2) is 8.81. The zero-order chi connectivity index (χ0) is 18.4. The van der Waals surface area contributed by atoms with Crippen molar-refractivity contribution in [1.82, 2.24) is 9.97 Å². The van der Waals surface area contributed by atoms with Crippen LogP contribution in [-0.4, -0.2) is 9.97 Å². The lowest BCUT2D eigenvalue weighted by Crippen LogP contribution is -2.19. The number of nitrogens with zero attached hydrogens (tertiary/aromatic N) is 1. The first kappa shape index (κ1) is 18.4. The summed E-state index contributed by atoms with van der Waals surface area (Å²) in [5, 5.41) is 0.667. The highest BCUT2D eigenvalue weighted by atomic mass is 35.5. The van der Waals surface area contributed by atoms with Gasteiger partial charge in [-0.25, -0.2) is 4.98 Å². The van der Waals surface area contributed by atoms with E-state index in [-0.39, 0.29) is 5.56 Å². The number of aryl methyl sites for hydroxylation is 1. The Morgan fingerprint density at radius 1 is 1.00 bits per heavy atom. The minimum atomic E-state index is -0.0553. The molecule has 4 heteroatoms. The van der Waals surface area contributed by atoms with Gasteiger partial charge in [0.1, 0.15) is 5.82 Å². The van der Waals surface area contributed by atoms with E-state index in [2.05, 4.69) is 11.9 Å². The van der Waals surface area contributed by atoms with Crippen LogP contribution in [-0.2, 0) is 12.8 Å². The highest BCUT2D eigenvalue weighted by Crippen LogP contribution is 2.20. The average Bonchev–Trinajstić information content (AvgIpc) is 2.66. The summed E-state index contributed by atoms with van der Waals surface area (Å²) in [6.07, 6.45) is 4.73. The third-order valence-corrected chi connectivity index (χ3v) is 4.71. The molecule has 0 atom stereocenters. The number of halogens is 1. The molecule has 0 saturated heterocycles. The molecule has 3 nitrogen and oxygen atoms in total. The maximum atomic E-state index is 12.8. The molecule has 0 saturated carbocycles. The summed E-state index contributed by atoms with van der Waals surface area (Å²) in [5.41, 5.74) is 3.60. The number of aromatic amines is 1. The van der Waals surface area contributed by atoms with Gasteiger partial charge < -0.3 is 4.98 Å². The molecule has 0 aliphatic rings. The van der Waals surface area contributed by atoms with Crippen LogP contribution >= 0.6 is 11.6 Å². The van der Waals surface area contributed by atoms with Crippen LogP contribution in [0, 0.1) is 0 Å². The minimum Gasteiger partial charge on any atom is -0.306 e. The van der Waals surface area contributed by atoms with Gasteiger partial charge in [-0.05, 0) is 42.7 Å². The van der Waals surface area contributed by atoms with Gasteiger partial charge in [-0.15, -0.1) is 0 Å². The molecule has 2 aromatic carbocycles. The zero-order valence-electron chi connectivity index (χ0n) is 15.0. The van der Waals surface area contributed by atoms with Gasteiger partial charge in [-0.3, -0.25) is 4.79 Å². The lowest BCUT2D eigenvalue weighted by molar-refractivity contribution is 0.700. The molecule has 1 N–H and O–H groups in total. The zero-order valence-corrected chi connectivity index (χ0v) is 15.7. The van der Waals surface area contributed by atoms with Crippen molar-refractivity contribution in [3.63, 3.8) is 0 Å². The topological polar surface area (TPSA) is 45.8 Å². The van der Waals surface area contributed by atoms with Crippen molar-refractivity contribution >= 4 is 11.6 Å². The number of unbranched alkanes of at least 4 members (excludes halogenated alkanes) is 2. The first-order valence-electron chi connectivity index (χ1n) is 9.09. The quantitative estimate of drug-likeness (QED) is 0.568. The number of hydrogen-bond acceptors (Lipinski definition) is 2. The standard InChI is InChI=1S/C22H23ClN2O/c1-2-3-5-10-20-19(15-16-8-6-4-7-9-16)22(26)25-21(24-20)17-11-13-18(23)14-12-17/h4,6-9,11-14H,2-3,5,10,15H2,1H3,(H,24,25,26). The fourth-order valence-electron chi connectivity index (χ4n) is 3.02. The van der Waals surface area contributed by atoms with Crippen molar-refractivity contribution in [2.24, 2.45) is 0 Å². The van der Waals surface area contributed by atoms with E-state index in [1.807, 2.05) is 54.6 Å². The van der Waals surface area contributed by atoms with Crippen molar-refractivity contribution in [2.75, 3.05) is 0 Å². The minimum absolute atomic E-state index is 0.0553. The molecular weight excluding hydrogens is 344 g/mol. The van der Waals surface area contributed by atoms with Gasteiger partial charge in [-0.1, -0.05) is 61.7 Å². The first-order chi connectivity index (χ1) is 12.7. The Kier molecular flexibility index (Phi) is 6.24. The summed E-state index contributed by atoms with van der Waals surface area (Å²) in [7, 11) is 0. The molecule has 26 heavy (non-hydrogen) atoms. The van der Waals surface area contributed by atoms with Gasteiger partial charge in [0.05, 0.1) is 5.69 Å². The molecule has 0 amide bonds. The van der Waals surface area contributed by atoms with E-state index in [1.165, 1.54) is 0 Å². The molecule has 0 fully saturated rings. The van der Waals surface area contributed by atoms with Crippen LogP contribution in [0.2, 0.25) is 5.02 Å². The monoisotopic (exact) mass is 366 g/mol. The predicted molar refractivity (Wildman–Crippen MR) is 108 cm³/mol. The van der Waals surface area contributed by atoms with E-state index in [4.69, 9.17) is 16.6 Å². The molecule has 0 radical (unpaired) electrons. The molecule has 0 spiro atoms. The summed E-state index contributed by atoms with van der Waals surface area (Å²) < 4.78 is 0. The maximum Gasteiger partial charge on any atom is 0.254 e. The smallest absolute Gasteiger partial charge is 0.254 e. The molecule has 0 unspecified atom stereocenters. The molecule has 1 heterocycles. The maximum absolute atomic E-state index is 12.8. The van der Waals surface area contributed by atoms with Crippen LogP contribution in [0.3, 0.4) is 0 Å². The van der Waals surface area contributed by atoms with Crippen molar-refractivity contribution < 1.29 is 0 Å².